The number of aromatic amines is 1. The molecule has 0 spiro atoms. The maximum atomic E-state index is 13.0. The molecule has 0 fully saturated rings. The predicted octanol–water partition coefficient (Wildman–Crippen LogP) is 1.58. The molecule has 0 radical (unpaired) electrons. The fourth-order valence-corrected chi connectivity index (χ4v) is 1.42. The predicted molar refractivity (Wildman–Crippen MR) is 56.8 cm³/mol. The van der Waals surface area contributed by atoms with Crippen LogP contribution in [0.25, 0.3) is 11.1 Å². The molecule has 1 aromatic heterocycles. The molecule has 0 amide bonds. The van der Waals surface area contributed by atoms with E-state index in [0.717, 1.165) is 0 Å². The molecule has 0 aliphatic carbocycles. The minimum Gasteiger partial charge on any atom is -0.496 e. The highest BCUT2D eigenvalue weighted by atomic mass is 19.1. The summed E-state index contributed by atoms with van der Waals surface area (Å²) in [6, 6.07) is 3.98. The topological polar surface area (TPSA) is 55.0 Å². The van der Waals surface area contributed by atoms with E-state index in [4.69, 9.17) is 4.74 Å². The number of hydrogen-bond acceptors (Lipinski definition) is 3. The van der Waals surface area contributed by atoms with Gasteiger partial charge < -0.3 is 9.72 Å². The van der Waals surface area contributed by atoms with Crippen molar-refractivity contribution in [3.05, 3.63) is 46.9 Å². The van der Waals surface area contributed by atoms with E-state index in [1.54, 1.807) is 0 Å². The lowest BCUT2D eigenvalue weighted by molar-refractivity contribution is 0.413. The van der Waals surface area contributed by atoms with E-state index in [1.165, 1.54) is 37.8 Å². The van der Waals surface area contributed by atoms with Crippen LogP contribution in [0, 0.1) is 5.82 Å². The van der Waals surface area contributed by atoms with Crippen LogP contribution in [0.4, 0.5) is 4.39 Å². The van der Waals surface area contributed by atoms with Gasteiger partial charge in [-0.3, -0.25) is 4.79 Å². The Morgan fingerprint density at radius 1 is 1.38 bits per heavy atom. The van der Waals surface area contributed by atoms with Crippen LogP contribution in [0.3, 0.4) is 0 Å². The van der Waals surface area contributed by atoms with Gasteiger partial charge in [0.25, 0.3) is 5.56 Å². The van der Waals surface area contributed by atoms with Gasteiger partial charge in [0.1, 0.15) is 11.6 Å². The zero-order valence-electron chi connectivity index (χ0n) is 8.53. The van der Waals surface area contributed by atoms with Crippen molar-refractivity contribution in [2.24, 2.45) is 0 Å². The minimum absolute atomic E-state index is 0.292. The fraction of sp³-hybridized carbons (Fsp3) is 0.0909. The average molecular weight is 220 g/mol. The summed E-state index contributed by atoms with van der Waals surface area (Å²) >= 11 is 0. The molecular formula is C11H9FN2O2. The first-order chi connectivity index (χ1) is 7.72. The van der Waals surface area contributed by atoms with E-state index in [0.29, 0.717) is 16.9 Å². The number of aromatic nitrogens is 2. The molecule has 1 N–H and O–H groups in total. The van der Waals surface area contributed by atoms with Crippen molar-refractivity contribution in [1.82, 2.24) is 9.97 Å². The molecule has 0 bridgehead atoms. The molecule has 16 heavy (non-hydrogen) atoms. The first-order valence-electron chi connectivity index (χ1n) is 4.59. The van der Waals surface area contributed by atoms with Crippen LogP contribution in [-0.2, 0) is 0 Å². The Morgan fingerprint density at radius 3 is 2.88 bits per heavy atom. The van der Waals surface area contributed by atoms with Gasteiger partial charge in [0, 0.05) is 17.8 Å². The van der Waals surface area contributed by atoms with E-state index >= 15 is 0 Å². The molecule has 0 aliphatic rings. The van der Waals surface area contributed by atoms with Crippen LogP contribution in [0.5, 0.6) is 5.75 Å². The Kier molecular flexibility index (Phi) is 2.68. The second-order valence-electron chi connectivity index (χ2n) is 3.14. The molecule has 2 aromatic rings. The van der Waals surface area contributed by atoms with Crippen molar-refractivity contribution in [3.63, 3.8) is 0 Å². The van der Waals surface area contributed by atoms with Gasteiger partial charge in [-0.1, -0.05) is 0 Å². The van der Waals surface area contributed by atoms with E-state index in [1.807, 2.05) is 0 Å². The summed E-state index contributed by atoms with van der Waals surface area (Å²) in [7, 11) is 1.42. The van der Waals surface area contributed by atoms with Gasteiger partial charge in [0.05, 0.1) is 19.0 Å². The van der Waals surface area contributed by atoms with E-state index in [9.17, 15) is 9.18 Å². The highest BCUT2D eigenvalue weighted by molar-refractivity contribution is 5.68. The van der Waals surface area contributed by atoms with Gasteiger partial charge >= 0.3 is 0 Å². The third kappa shape index (κ3) is 1.79. The lowest BCUT2D eigenvalue weighted by Gasteiger charge is -2.07. The van der Waals surface area contributed by atoms with E-state index < -0.39 is 5.82 Å². The van der Waals surface area contributed by atoms with Crippen molar-refractivity contribution < 1.29 is 9.13 Å². The molecule has 1 heterocycles. The number of nitrogens with zero attached hydrogens (tertiary/aromatic N) is 1. The van der Waals surface area contributed by atoms with Gasteiger partial charge in [-0.15, -0.1) is 0 Å². The van der Waals surface area contributed by atoms with Crippen molar-refractivity contribution in [2.45, 2.75) is 0 Å². The quantitative estimate of drug-likeness (QED) is 0.836. The molecule has 0 aliphatic heterocycles. The van der Waals surface area contributed by atoms with Crippen LogP contribution in [-0.4, -0.2) is 17.1 Å². The Bertz CT molecular complexity index is 566. The summed E-state index contributed by atoms with van der Waals surface area (Å²) in [4.78, 5) is 17.8. The first kappa shape index (κ1) is 10.4. The number of nitrogens with one attached hydrogen (secondary N) is 1. The largest absolute Gasteiger partial charge is 0.496 e. The van der Waals surface area contributed by atoms with Gasteiger partial charge in [0.15, 0.2) is 0 Å². The van der Waals surface area contributed by atoms with Crippen molar-refractivity contribution in [1.29, 1.82) is 0 Å². The molecule has 0 atom stereocenters. The molecule has 4 nitrogen and oxygen atoms in total. The van der Waals surface area contributed by atoms with Crippen LogP contribution >= 0.6 is 0 Å². The number of hydrogen-bond donors (Lipinski definition) is 1. The summed E-state index contributed by atoms with van der Waals surface area (Å²) in [6.07, 6.45) is 2.70. The highest BCUT2D eigenvalue weighted by Gasteiger charge is 2.10. The summed E-state index contributed by atoms with van der Waals surface area (Å²) < 4.78 is 18.0. The van der Waals surface area contributed by atoms with Crippen LogP contribution in [0.2, 0.25) is 0 Å². The van der Waals surface area contributed by atoms with Gasteiger partial charge in [-0.25, -0.2) is 9.37 Å². The highest BCUT2D eigenvalue weighted by Crippen LogP contribution is 2.27. The summed E-state index contributed by atoms with van der Waals surface area (Å²) in [5.41, 5.74) is 0.567. The van der Waals surface area contributed by atoms with Crippen LogP contribution in [0.15, 0.2) is 35.5 Å². The molecule has 1 aromatic carbocycles. The zero-order valence-corrected chi connectivity index (χ0v) is 8.53. The SMILES string of the molecule is COc1cc(F)ccc1-c1cnc[nH]c1=O. The standard InChI is InChI=1S/C11H9FN2O2/c1-16-10-4-7(12)2-3-8(10)9-5-13-6-14-11(9)15/h2-6H,1H3,(H,13,14,15). The van der Waals surface area contributed by atoms with Crippen LogP contribution < -0.4 is 10.3 Å². The number of rotatable bonds is 2. The smallest absolute Gasteiger partial charge is 0.258 e. The Morgan fingerprint density at radius 2 is 2.19 bits per heavy atom. The maximum Gasteiger partial charge on any atom is 0.258 e. The van der Waals surface area contributed by atoms with Gasteiger partial charge in [-0.2, -0.15) is 0 Å². The zero-order chi connectivity index (χ0) is 11.5. The molecule has 0 saturated carbocycles. The Hall–Kier alpha value is -2.17. The number of ether oxygens (including phenoxy) is 1. The molecular weight excluding hydrogens is 211 g/mol. The summed E-state index contributed by atoms with van der Waals surface area (Å²) in [5, 5.41) is 0. The lowest BCUT2D eigenvalue weighted by Crippen LogP contribution is -2.09. The maximum absolute atomic E-state index is 13.0. The molecule has 0 saturated heterocycles. The Labute approximate surface area is 90.7 Å². The third-order valence-electron chi connectivity index (χ3n) is 2.17. The number of halogens is 1. The number of H-pyrrole nitrogens is 1. The minimum atomic E-state index is -0.416. The molecule has 0 unspecified atom stereocenters. The lowest BCUT2D eigenvalue weighted by atomic mass is 10.1. The Balaban J connectivity index is 2.65. The van der Waals surface area contributed by atoms with Crippen molar-refractivity contribution >= 4 is 0 Å². The van der Waals surface area contributed by atoms with E-state index in [-0.39, 0.29) is 5.56 Å². The van der Waals surface area contributed by atoms with E-state index in [2.05, 4.69) is 9.97 Å². The summed E-state index contributed by atoms with van der Waals surface area (Å²) in [5.74, 6) is -0.112. The first-order valence-corrected chi connectivity index (χ1v) is 4.59. The van der Waals surface area contributed by atoms with Crippen LogP contribution in [0.1, 0.15) is 0 Å². The fourth-order valence-electron chi connectivity index (χ4n) is 1.42. The summed E-state index contributed by atoms with van der Waals surface area (Å²) in [6.45, 7) is 0. The monoisotopic (exact) mass is 220 g/mol. The third-order valence-corrected chi connectivity index (χ3v) is 2.17. The normalized spacial score (nSPS) is 10.1. The molecule has 5 heteroatoms. The van der Waals surface area contributed by atoms with Gasteiger partial charge in [0.2, 0.25) is 0 Å². The van der Waals surface area contributed by atoms with Gasteiger partial charge in [-0.05, 0) is 12.1 Å². The van der Waals surface area contributed by atoms with Crippen molar-refractivity contribution in [3.8, 4) is 16.9 Å². The average Bonchev–Trinajstić information content (AvgIpc) is 2.30. The molecule has 82 valence electrons. The number of methoxy groups -OCH3 is 1. The molecule has 2 rings (SSSR count). The second-order valence-corrected chi connectivity index (χ2v) is 3.14. The van der Waals surface area contributed by atoms with Crippen molar-refractivity contribution in [2.75, 3.05) is 7.11 Å². The number of benzene rings is 1. The second kappa shape index (κ2) is 4.14.